The monoisotopic (exact) mass is 378 g/mol. The second-order valence-electron chi connectivity index (χ2n) is 8.30. The van der Waals surface area contributed by atoms with Crippen LogP contribution in [0.25, 0.3) is 11.3 Å². The molecule has 1 fully saturated rings. The number of nitrogens with zero attached hydrogens (tertiary/aromatic N) is 3. The molecule has 1 N–H and O–H groups in total. The van der Waals surface area contributed by atoms with E-state index in [-0.39, 0.29) is 0 Å². The van der Waals surface area contributed by atoms with Crippen LogP contribution in [-0.4, -0.2) is 26.8 Å². The maximum Gasteiger partial charge on any atom is 0.173 e. The van der Waals surface area contributed by atoms with Crippen molar-refractivity contribution in [1.29, 1.82) is 0 Å². The standard InChI is InChI=1S/C23H30N4O/c1-15(2)19-10-8-18(9-11-19)14-27-12-6-5-7-21(27)22-20(13-24-25-22)23-16(3)17(4)26-28-23/h8-11,13,15,21H,5-7,12,14H2,1-4H3,(H,24,25)/t21-/m0/s1. The van der Waals surface area contributed by atoms with E-state index in [9.17, 15) is 0 Å². The summed E-state index contributed by atoms with van der Waals surface area (Å²) >= 11 is 0. The van der Waals surface area contributed by atoms with Gasteiger partial charge in [0.25, 0.3) is 0 Å². The van der Waals surface area contributed by atoms with Gasteiger partial charge in [-0.2, -0.15) is 5.10 Å². The van der Waals surface area contributed by atoms with E-state index in [1.807, 2.05) is 13.1 Å². The smallest absolute Gasteiger partial charge is 0.173 e. The molecule has 0 unspecified atom stereocenters. The van der Waals surface area contributed by atoms with E-state index >= 15 is 0 Å². The van der Waals surface area contributed by atoms with Crippen molar-refractivity contribution in [1.82, 2.24) is 20.3 Å². The lowest BCUT2D eigenvalue weighted by molar-refractivity contribution is 0.137. The average Bonchev–Trinajstić information content (AvgIpc) is 3.30. The van der Waals surface area contributed by atoms with Crippen LogP contribution < -0.4 is 0 Å². The molecule has 0 bridgehead atoms. The Morgan fingerprint density at radius 2 is 1.96 bits per heavy atom. The molecule has 0 aliphatic carbocycles. The second kappa shape index (κ2) is 7.92. The van der Waals surface area contributed by atoms with E-state index in [2.05, 4.69) is 65.3 Å². The summed E-state index contributed by atoms with van der Waals surface area (Å²) in [6.07, 6.45) is 5.49. The van der Waals surface area contributed by atoms with Crippen molar-refractivity contribution in [3.63, 3.8) is 0 Å². The first-order valence-electron chi connectivity index (χ1n) is 10.3. The molecule has 4 rings (SSSR count). The first-order valence-corrected chi connectivity index (χ1v) is 10.3. The minimum absolute atomic E-state index is 0.320. The largest absolute Gasteiger partial charge is 0.356 e. The fourth-order valence-corrected chi connectivity index (χ4v) is 4.15. The molecule has 0 amide bonds. The zero-order valence-corrected chi connectivity index (χ0v) is 17.3. The van der Waals surface area contributed by atoms with Gasteiger partial charge >= 0.3 is 0 Å². The number of hydrogen-bond donors (Lipinski definition) is 1. The lowest BCUT2D eigenvalue weighted by Gasteiger charge is -2.35. The first-order chi connectivity index (χ1) is 13.5. The molecule has 1 atom stereocenters. The van der Waals surface area contributed by atoms with Gasteiger partial charge in [-0.15, -0.1) is 0 Å². The van der Waals surface area contributed by atoms with Gasteiger partial charge in [0.05, 0.1) is 29.2 Å². The van der Waals surface area contributed by atoms with Crippen LogP contribution in [0, 0.1) is 13.8 Å². The third-order valence-corrected chi connectivity index (χ3v) is 6.05. The molecule has 3 aromatic rings. The van der Waals surface area contributed by atoms with E-state index in [0.717, 1.165) is 47.8 Å². The molecule has 5 nitrogen and oxygen atoms in total. The van der Waals surface area contributed by atoms with Gasteiger partial charge in [-0.1, -0.05) is 49.7 Å². The van der Waals surface area contributed by atoms with E-state index in [0.29, 0.717) is 12.0 Å². The van der Waals surface area contributed by atoms with Crippen molar-refractivity contribution in [3.05, 3.63) is 58.5 Å². The average molecular weight is 379 g/mol. The number of rotatable bonds is 5. The van der Waals surface area contributed by atoms with Crippen LogP contribution in [0.4, 0.5) is 0 Å². The number of likely N-dealkylation sites (tertiary alicyclic amines) is 1. The minimum Gasteiger partial charge on any atom is -0.356 e. The van der Waals surface area contributed by atoms with E-state index < -0.39 is 0 Å². The molecule has 1 saturated heterocycles. The fourth-order valence-electron chi connectivity index (χ4n) is 4.15. The van der Waals surface area contributed by atoms with Crippen LogP contribution in [0.1, 0.15) is 73.1 Å². The number of aryl methyl sites for hydroxylation is 1. The van der Waals surface area contributed by atoms with Crippen molar-refractivity contribution in [2.45, 2.75) is 65.5 Å². The Bertz CT molecular complexity index is 922. The maximum absolute atomic E-state index is 5.63. The molecule has 28 heavy (non-hydrogen) atoms. The molecule has 0 spiro atoms. The number of piperidine rings is 1. The lowest BCUT2D eigenvalue weighted by atomic mass is 9.94. The van der Waals surface area contributed by atoms with E-state index in [4.69, 9.17) is 4.52 Å². The molecular weight excluding hydrogens is 348 g/mol. The van der Waals surface area contributed by atoms with Gasteiger partial charge in [-0.05, 0) is 50.3 Å². The SMILES string of the molecule is Cc1noc(-c2cn[nH]c2[C@@H]2CCCCN2Cc2ccc(C(C)C)cc2)c1C. The van der Waals surface area contributed by atoms with Crippen LogP contribution in [-0.2, 0) is 6.54 Å². The summed E-state index contributed by atoms with van der Waals surface area (Å²) < 4.78 is 5.63. The molecule has 148 valence electrons. The Hall–Kier alpha value is -2.40. The summed E-state index contributed by atoms with van der Waals surface area (Å²) in [5.74, 6) is 1.41. The van der Waals surface area contributed by atoms with Crippen LogP contribution in [0.3, 0.4) is 0 Å². The molecule has 1 aliphatic heterocycles. The van der Waals surface area contributed by atoms with Gasteiger partial charge in [-0.3, -0.25) is 10.00 Å². The van der Waals surface area contributed by atoms with Gasteiger partial charge in [0.2, 0.25) is 0 Å². The summed E-state index contributed by atoms with van der Waals surface area (Å²) in [5.41, 5.74) is 6.99. The van der Waals surface area contributed by atoms with Crippen LogP contribution in [0.2, 0.25) is 0 Å². The first kappa shape index (κ1) is 18.9. The molecule has 0 saturated carbocycles. The third-order valence-electron chi connectivity index (χ3n) is 6.05. The molecule has 1 aliphatic rings. The molecule has 1 aromatic carbocycles. The highest BCUT2D eigenvalue weighted by atomic mass is 16.5. The summed E-state index contributed by atoms with van der Waals surface area (Å²) in [7, 11) is 0. The zero-order chi connectivity index (χ0) is 19.7. The molecular formula is C23H30N4O. The topological polar surface area (TPSA) is 58.0 Å². The van der Waals surface area contributed by atoms with E-state index in [1.54, 1.807) is 0 Å². The van der Waals surface area contributed by atoms with Gasteiger partial charge < -0.3 is 4.52 Å². The van der Waals surface area contributed by atoms with Crippen LogP contribution >= 0.6 is 0 Å². The Labute approximate surface area is 167 Å². The van der Waals surface area contributed by atoms with E-state index in [1.165, 1.54) is 24.0 Å². The van der Waals surface area contributed by atoms with Crippen molar-refractivity contribution in [3.8, 4) is 11.3 Å². The summed E-state index contributed by atoms with van der Waals surface area (Å²) in [6, 6.07) is 9.40. The fraction of sp³-hybridized carbons (Fsp3) is 0.478. The number of aromatic nitrogens is 3. The van der Waals surface area contributed by atoms with Gasteiger partial charge in [-0.25, -0.2) is 0 Å². The van der Waals surface area contributed by atoms with Gasteiger partial charge in [0.1, 0.15) is 0 Å². The maximum atomic E-state index is 5.63. The number of H-pyrrole nitrogens is 1. The van der Waals surface area contributed by atoms with Crippen LogP contribution in [0.15, 0.2) is 35.0 Å². The van der Waals surface area contributed by atoms with Crippen LogP contribution in [0.5, 0.6) is 0 Å². The molecule has 2 aromatic heterocycles. The van der Waals surface area contributed by atoms with Crippen molar-refractivity contribution in [2.24, 2.45) is 0 Å². The van der Waals surface area contributed by atoms with Crippen molar-refractivity contribution in [2.75, 3.05) is 6.54 Å². The highest BCUT2D eigenvalue weighted by Crippen LogP contribution is 2.37. The van der Waals surface area contributed by atoms with Crippen molar-refractivity contribution < 1.29 is 4.52 Å². The number of aromatic amines is 1. The Morgan fingerprint density at radius 1 is 1.18 bits per heavy atom. The number of benzene rings is 1. The Kier molecular flexibility index (Phi) is 5.36. The normalized spacial score (nSPS) is 18.1. The quantitative estimate of drug-likeness (QED) is 0.634. The minimum atomic E-state index is 0.320. The lowest BCUT2D eigenvalue weighted by Crippen LogP contribution is -2.33. The summed E-state index contributed by atoms with van der Waals surface area (Å²) in [6.45, 7) is 10.6. The summed E-state index contributed by atoms with van der Waals surface area (Å²) in [4.78, 5) is 2.57. The molecule has 0 radical (unpaired) electrons. The predicted octanol–water partition coefficient (Wildman–Crippen LogP) is 5.53. The number of nitrogens with one attached hydrogen (secondary N) is 1. The van der Waals surface area contributed by atoms with Gasteiger partial charge in [0.15, 0.2) is 5.76 Å². The molecule has 5 heteroatoms. The highest BCUT2D eigenvalue weighted by Gasteiger charge is 2.29. The number of hydrogen-bond acceptors (Lipinski definition) is 4. The highest BCUT2D eigenvalue weighted by molar-refractivity contribution is 5.64. The predicted molar refractivity (Wildman–Crippen MR) is 111 cm³/mol. The summed E-state index contributed by atoms with van der Waals surface area (Å²) in [5, 5.41) is 11.8. The van der Waals surface area contributed by atoms with Gasteiger partial charge in [0, 0.05) is 12.1 Å². The third kappa shape index (κ3) is 3.63. The Morgan fingerprint density at radius 3 is 2.64 bits per heavy atom. The second-order valence-corrected chi connectivity index (χ2v) is 8.30. The Balaban J connectivity index is 1.60. The molecule has 3 heterocycles. The zero-order valence-electron chi connectivity index (χ0n) is 17.3. The van der Waals surface area contributed by atoms with Crippen molar-refractivity contribution >= 4 is 0 Å².